The maximum absolute atomic E-state index is 12.7. The Morgan fingerprint density at radius 3 is 2.65 bits per heavy atom. The summed E-state index contributed by atoms with van der Waals surface area (Å²) < 4.78 is 16.4. The molecule has 1 heterocycles. The van der Waals surface area contributed by atoms with Crippen LogP contribution in [0.4, 0.5) is 0 Å². The summed E-state index contributed by atoms with van der Waals surface area (Å²) in [4.78, 5) is 12.7. The first-order valence-corrected chi connectivity index (χ1v) is 9.04. The molecule has 0 saturated heterocycles. The fourth-order valence-corrected chi connectivity index (χ4v) is 3.13. The lowest BCUT2D eigenvalue weighted by Crippen LogP contribution is -2.28. The van der Waals surface area contributed by atoms with Gasteiger partial charge in [0.2, 0.25) is 0 Å². The van der Waals surface area contributed by atoms with Gasteiger partial charge in [-0.25, -0.2) is 0 Å². The van der Waals surface area contributed by atoms with E-state index in [1.54, 1.807) is 19.2 Å². The maximum atomic E-state index is 12.7. The van der Waals surface area contributed by atoms with E-state index in [4.69, 9.17) is 25.8 Å². The molecule has 0 saturated carbocycles. The van der Waals surface area contributed by atoms with Gasteiger partial charge in [0.25, 0.3) is 5.91 Å². The van der Waals surface area contributed by atoms with Crippen LogP contribution in [0.2, 0.25) is 5.02 Å². The number of nitrogens with one attached hydrogen (secondary N) is 1. The molecule has 0 aromatic heterocycles. The monoisotopic (exact) mass is 375 g/mol. The Hall–Kier alpha value is -2.40. The van der Waals surface area contributed by atoms with Crippen molar-refractivity contribution in [2.24, 2.45) is 0 Å². The van der Waals surface area contributed by atoms with Crippen molar-refractivity contribution < 1.29 is 19.0 Å². The topological polar surface area (TPSA) is 56.8 Å². The van der Waals surface area contributed by atoms with Crippen molar-refractivity contribution in [2.45, 2.75) is 25.8 Å². The molecule has 0 spiro atoms. The van der Waals surface area contributed by atoms with E-state index in [1.165, 1.54) is 0 Å². The second-order valence-corrected chi connectivity index (χ2v) is 6.45. The quantitative estimate of drug-likeness (QED) is 0.842. The lowest BCUT2D eigenvalue weighted by atomic mass is 10.0. The van der Waals surface area contributed by atoms with Gasteiger partial charge in [0.15, 0.2) is 11.5 Å². The lowest BCUT2D eigenvalue weighted by Gasteiger charge is -2.19. The third-order valence-corrected chi connectivity index (χ3v) is 4.58. The molecule has 3 rings (SSSR count). The zero-order chi connectivity index (χ0) is 18.5. The van der Waals surface area contributed by atoms with Gasteiger partial charge in [0.05, 0.1) is 31.4 Å². The Labute approximate surface area is 158 Å². The van der Waals surface area contributed by atoms with Crippen LogP contribution in [-0.4, -0.2) is 26.2 Å². The van der Waals surface area contributed by atoms with Crippen LogP contribution < -0.4 is 19.5 Å². The van der Waals surface area contributed by atoms with Crippen LogP contribution in [0.25, 0.3) is 0 Å². The number of halogens is 1. The minimum Gasteiger partial charge on any atom is -0.497 e. The van der Waals surface area contributed by atoms with Crippen molar-refractivity contribution in [2.75, 3.05) is 20.3 Å². The number of ether oxygens (including phenoxy) is 3. The molecule has 1 atom stereocenters. The fraction of sp³-hybridized carbons (Fsp3) is 0.350. The van der Waals surface area contributed by atoms with Crippen molar-refractivity contribution in [3.05, 3.63) is 52.5 Å². The number of fused-ring (bicyclic) bond motifs is 1. The number of carbonyl (C=O) groups excluding carboxylic acids is 1. The van der Waals surface area contributed by atoms with Gasteiger partial charge in [0, 0.05) is 12.0 Å². The molecule has 26 heavy (non-hydrogen) atoms. The number of hydrogen-bond acceptors (Lipinski definition) is 4. The second kappa shape index (κ2) is 8.32. The zero-order valence-corrected chi connectivity index (χ0v) is 15.6. The number of methoxy groups -OCH3 is 1. The standard InChI is InChI=1S/C20H22ClNO4/c1-3-17(13-5-7-15(24-2)8-6-13)22-20(23)14-11-16(21)19-18(12-14)25-9-4-10-26-19/h5-8,11-12,17H,3-4,9-10H2,1-2H3,(H,22,23). The summed E-state index contributed by atoms with van der Waals surface area (Å²) in [6, 6.07) is 10.9. The number of benzene rings is 2. The molecule has 0 bridgehead atoms. The van der Waals surface area contributed by atoms with Gasteiger partial charge in [-0.3, -0.25) is 4.79 Å². The average Bonchev–Trinajstić information content (AvgIpc) is 2.92. The Balaban J connectivity index is 1.79. The van der Waals surface area contributed by atoms with Gasteiger partial charge in [0.1, 0.15) is 5.75 Å². The molecule has 0 radical (unpaired) electrons. The van der Waals surface area contributed by atoms with E-state index < -0.39 is 0 Å². The first-order chi connectivity index (χ1) is 12.6. The van der Waals surface area contributed by atoms with Crippen molar-refractivity contribution in [1.29, 1.82) is 0 Å². The smallest absolute Gasteiger partial charge is 0.251 e. The van der Waals surface area contributed by atoms with Gasteiger partial charge in [-0.1, -0.05) is 30.7 Å². The van der Waals surface area contributed by atoms with Gasteiger partial charge >= 0.3 is 0 Å². The molecule has 0 fully saturated rings. The number of amides is 1. The van der Waals surface area contributed by atoms with Crippen molar-refractivity contribution in [3.8, 4) is 17.2 Å². The molecule has 1 aliphatic heterocycles. The van der Waals surface area contributed by atoms with Crippen LogP contribution in [-0.2, 0) is 0 Å². The van der Waals surface area contributed by atoms with E-state index in [9.17, 15) is 4.79 Å². The zero-order valence-electron chi connectivity index (χ0n) is 14.9. The summed E-state index contributed by atoms with van der Waals surface area (Å²) in [6.07, 6.45) is 1.54. The van der Waals surface area contributed by atoms with E-state index in [1.807, 2.05) is 31.2 Å². The molecular formula is C20H22ClNO4. The van der Waals surface area contributed by atoms with Crippen molar-refractivity contribution in [1.82, 2.24) is 5.32 Å². The van der Waals surface area contributed by atoms with Gasteiger partial charge < -0.3 is 19.5 Å². The molecule has 1 amide bonds. The van der Waals surface area contributed by atoms with Gasteiger partial charge in [-0.05, 0) is 36.2 Å². The van der Waals surface area contributed by atoms with E-state index in [2.05, 4.69) is 5.32 Å². The molecule has 1 aliphatic rings. The number of rotatable bonds is 5. The lowest BCUT2D eigenvalue weighted by molar-refractivity contribution is 0.0935. The predicted molar refractivity (Wildman–Crippen MR) is 101 cm³/mol. The number of hydrogen-bond donors (Lipinski definition) is 1. The Bertz CT molecular complexity index is 776. The Kier molecular flexibility index (Phi) is 5.89. The van der Waals surface area contributed by atoms with E-state index >= 15 is 0 Å². The van der Waals surface area contributed by atoms with Gasteiger partial charge in [-0.15, -0.1) is 0 Å². The first-order valence-electron chi connectivity index (χ1n) is 8.66. The maximum Gasteiger partial charge on any atom is 0.251 e. The normalized spacial score (nSPS) is 14.3. The van der Waals surface area contributed by atoms with Crippen LogP contribution in [0.3, 0.4) is 0 Å². The first kappa shape index (κ1) is 18.4. The summed E-state index contributed by atoms with van der Waals surface area (Å²) in [5, 5.41) is 3.43. The molecule has 0 aliphatic carbocycles. The van der Waals surface area contributed by atoms with Crippen molar-refractivity contribution in [3.63, 3.8) is 0 Å². The van der Waals surface area contributed by atoms with Crippen LogP contribution in [0, 0.1) is 0 Å². The highest BCUT2D eigenvalue weighted by molar-refractivity contribution is 6.32. The Morgan fingerprint density at radius 1 is 1.23 bits per heavy atom. The minimum atomic E-state index is -0.204. The molecule has 6 heteroatoms. The number of carbonyl (C=O) groups is 1. The Morgan fingerprint density at radius 2 is 1.96 bits per heavy atom. The van der Waals surface area contributed by atoms with Crippen LogP contribution in [0.1, 0.15) is 41.7 Å². The minimum absolute atomic E-state index is 0.108. The average molecular weight is 376 g/mol. The molecule has 1 unspecified atom stereocenters. The van der Waals surface area contributed by atoms with Crippen LogP contribution in [0.15, 0.2) is 36.4 Å². The molecule has 1 N–H and O–H groups in total. The van der Waals surface area contributed by atoms with E-state index in [0.717, 1.165) is 24.2 Å². The SMILES string of the molecule is CCC(NC(=O)c1cc(Cl)c2c(c1)OCCCO2)c1ccc(OC)cc1. The predicted octanol–water partition coefficient (Wildman–Crippen LogP) is 4.39. The molecule has 5 nitrogen and oxygen atoms in total. The largest absolute Gasteiger partial charge is 0.497 e. The molecular weight excluding hydrogens is 354 g/mol. The summed E-state index contributed by atoms with van der Waals surface area (Å²) in [5.74, 6) is 1.59. The third-order valence-electron chi connectivity index (χ3n) is 4.30. The fourth-order valence-electron chi connectivity index (χ4n) is 2.86. The summed E-state index contributed by atoms with van der Waals surface area (Å²) in [7, 11) is 1.63. The van der Waals surface area contributed by atoms with E-state index in [0.29, 0.717) is 35.3 Å². The highest BCUT2D eigenvalue weighted by Crippen LogP contribution is 2.38. The molecule has 2 aromatic rings. The van der Waals surface area contributed by atoms with Crippen LogP contribution in [0.5, 0.6) is 17.2 Å². The van der Waals surface area contributed by atoms with E-state index in [-0.39, 0.29) is 11.9 Å². The highest BCUT2D eigenvalue weighted by Gasteiger charge is 2.20. The molecule has 2 aromatic carbocycles. The summed E-state index contributed by atoms with van der Waals surface area (Å²) in [6.45, 7) is 3.11. The molecule has 138 valence electrons. The van der Waals surface area contributed by atoms with Gasteiger partial charge in [-0.2, -0.15) is 0 Å². The highest BCUT2D eigenvalue weighted by atomic mass is 35.5. The summed E-state index contributed by atoms with van der Waals surface area (Å²) >= 11 is 6.29. The third kappa shape index (κ3) is 4.05. The van der Waals surface area contributed by atoms with Crippen molar-refractivity contribution >= 4 is 17.5 Å². The second-order valence-electron chi connectivity index (χ2n) is 6.04. The van der Waals surface area contributed by atoms with Crippen LogP contribution >= 0.6 is 11.6 Å². The summed E-state index contributed by atoms with van der Waals surface area (Å²) in [5.41, 5.74) is 1.47.